The molecule has 0 fully saturated rings. The zero-order valence-electron chi connectivity index (χ0n) is 17.2. The Bertz CT molecular complexity index is 749. The third-order valence-corrected chi connectivity index (χ3v) is 4.25. The van der Waals surface area contributed by atoms with Crippen LogP contribution in [0.25, 0.3) is 0 Å². The molecule has 0 aromatic heterocycles. The van der Waals surface area contributed by atoms with Crippen molar-refractivity contribution in [3.05, 3.63) is 54.1 Å². The number of hydrogen-bond donors (Lipinski definition) is 2. The summed E-state index contributed by atoms with van der Waals surface area (Å²) in [5.74, 6) is 3.13. The number of nitrogens with one attached hydrogen (secondary N) is 2. The van der Waals surface area contributed by atoms with Crippen molar-refractivity contribution in [1.82, 2.24) is 10.6 Å². The Kier molecular flexibility index (Phi) is 8.98. The molecule has 152 valence electrons. The Labute approximate surface area is 167 Å². The molecule has 1 atom stereocenters. The maximum atomic E-state index is 5.95. The van der Waals surface area contributed by atoms with E-state index in [-0.39, 0.29) is 6.10 Å². The van der Waals surface area contributed by atoms with Crippen molar-refractivity contribution in [1.29, 1.82) is 0 Å². The monoisotopic (exact) mass is 385 g/mol. The highest BCUT2D eigenvalue weighted by Gasteiger charge is 2.09. The van der Waals surface area contributed by atoms with E-state index >= 15 is 0 Å². The Morgan fingerprint density at radius 3 is 2.50 bits per heavy atom. The van der Waals surface area contributed by atoms with E-state index in [2.05, 4.69) is 27.8 Å². The Morgan fingerprint density at radius 2 is 1.79 bits per heavy atom. The van der Waals surface area contributed by atoms with Crippen molar-refractivity contribution in [3.63, 3.8) is 0 Å². The highest BCUT2D eigenvalue weighted by molar-refractivity contribution is 5.79. The van der Waals surface area contributed by atoms with Gasteiger partial charge in [0.15, 0.2) is 17.5 Å². The molecule has 0 aliphatic heterocycles. The lowest BCUT2D eigenvalue weighted by Gasteiger charge is -2.19. The number of aryl methyl sites for hydroxylation is 1. The average Bonchev–Trinajstić information content (AvgIpc) is 2.73. The van der Waals surface area contributed by atoms with Gasteiger partial charge in [0, 0.05) is 13.6 Å². The zero-order chi connectivity index (χ0) is 20.2. The van der Waals surface area contributed by atoms with Crippen LogP contribution in [-0.4, -0.2) is 46.4 Å². The largest absolute Gasteiger partial charge is 0.497 e. The first-order chi connectivity index (χ1) is 13.7. The second-order valence-corrected chi connectivity index (χ2v) is 6.41. The van der Waals surface area contributed by atoms with E-state index in [1.165, 1.54) is 5.56 Å². The van der Waals surface area contributed by atoms with E-state index < -0.39 is 0 Å². The molecule has 2 N–H and O–H groups in total. The first-order valence-corrected chi connectivity index (χ1v) is 9.53. The van der Waals surface area contributed by atoms with Gasteiger partial charge in [-0.3, -0.25) is 4.99 Å². The second-order valence-electron chi connectivity index (χ2n) is 6.41. The van der Waals surface area contributed by atoms with E-state index in [1.54, 1.807) is 21.3 Å². The average molecular weight is 386 g/mol. The van der Waals surface area contributed by atoms with Crippen molar-refractivity contribution in [2.24, 2.45) is 4.99 Å². The van der Waals surface area contributed by atoms with Gasteiger partial charge in [-0.15, -0.1) is 0 Å². The van der Waals surface area contributed by atoms with Crippen LogP contribution in [0.15, 0.2) is 53.5 Å². The van der Waals surface area contributed by atoms with Gasteiger partial charge in [-0.25, -0.2) is 0 Å². The summed E-state index contributed by atoms with van der Waals surface area (Å²) in [4.78, 5) is 4.27. The van der Waals surface area contributed by atoms with Gasteiger partial charge in [-0.1, -0.05) is 24.3 Å². The lowest BCUT2D eigenvalue weighted by molar-refractivity contribution is 0.213. The Morgan fingerprint density at radius 1 is 1.00 bits per heavy atom. The minimum Gasteiger partial charge on any atom is -0.497 e. The van der Waals surface area contributed by atoms with Crippen LogP contribution in [-0.2, 0) is 6.42 Å². The maximum absolute atomic E-state index is 5.95. The first kappa shape index (κ1) is 21.4. The molecule has 0 bridgehead atoms. The fourth-order valence-electron chi connectivity index (χ4n) is 2.76. The molecular weight excluding hydrogens is 354 g/mol. The number of aliphatic imine (C=N–C) groups is 1. The molecular formula is C22H31N3O3. The molecule has 0 saturated heterocycles. The summed E-state index contributed by atoms with van der Waals surface area (Å²) < 4.78 is 16.5. The van der Waals surface area contributed by atoms with Crippen molar-refractivity contribution in [2.75, 3.05) is 34.4 Å². The molecule has 1 unspecified atom stereocenters. The summed E-state index contributed by atoms with van der Waals surface area (Å²) in [5.41, 5.74) is 1.27. The minimum atomic E-state index is -0.0355. The molecule has 0 radical (unpaired) electrons. The van der Waals surface area contributed by atoms with Crippen molar-refractivity contribution >= 4 is 5.96 Å². The predicted octanol–water partition coefficient (Wildman–Crippen LogP) is 3.27. The standard InChI is InChI=1S/C22H31N3O3/c1-17(28-21-13-6-5-12-20(21)27-4)16-25-22(23-2)24-14-8-10-18-9-7-11-19(15-18)26-3/h5-7,9,11-13,15,17H,8,10,14,16H2,1-4H3,(H2,23,24,25). The quantitative estimate of drug-likeness (QED) is 0.373. The van der Waals surface area contributed by atoms with Crippen LogP contribution < -0.4 is 24.8 Å². The van der Waals surface area contributed by atoms with Gasteiger partial charge in [0.05, 0.1) is 20.8 Å². The van der Waals surface area contributed by atoms with Crippen LogP contribution in [0.2, 0.25) is 0 Å². The fraction of sp³-hybridized carbons (Fsp3) is 0.409. The van der Waals surface area contributed by atoms with E-state index in [1.807, 2.05) is 43.3 Å². The van der Waals surface area contributed by atoms with Crippen LogP contribution in [0, 0.1) is 0 Å². The van der Waals surface area contributed by atoms with Crippen molar-refractivity contribution in [2.45, 2.75) is 25.9 Å². The van der Waals surface area contributed by atoms with Crippen molar-refractivity contribution in [3.8, 4) is 17.2 Å². The van der Waals surface area contributed by atoms with E-state index in [0.29, 0.717) is 6.54 Å². The van der Waals surface area contributed by atoms with Crippen LogP contribution in [0.3, 0.4) is 0 Å². The van der Waals surface area contributed by atoms with Crippen LogP contribution in [0.4, 0.5) is 0 Å². The number of benzene rings is 2. The van der Waals surface area contributed by atoms with Gasteiger partial charge in [0.2, 0.25) is 0 Å². The number of para-hydroxylation sites is 2. The van der Waals surface area contributed by atoms with E-state index in [4.69, 9.17) is 14.2 Å². The summed E-state index contributed by atoms with van der Waals surface area (Å²) in [5, 5.41) is 6.63. The molecule has 2 aromatic rings. The van der Waals surface area contributed by atoms with Gasteiger partial charge < -0.3 is 24.8 Å². The smallest absolute Gasteiger partial charge is 0.191 e. The molecule has 6 nitrogen and oxygen atoms in total. The number of ether oxygens (including phenoxy) is 3. The second kappa shape index (κ2) is 11.7. The third kappa shape index (κ3) is 7.02. The Balaban J connectivity index is 1.70. The molecule has 0 aliphatic carbocycles. The molecule has 28 heavy (non-hydrogen) atoms. The number of guanidine groups is 1. The topological polar surface area (TPSA) is 64.1 Å². The molecule has 0 heterocycles. The van der Waals surface area contributed by atoms with Crippen molar-refractivity contribution < 1.29 is 14.2 Å². The minimum absolute atomic E-state index is 0.0355. The lowest BCUT2D eigenvalue weighted by Crippen LogP contribution is -2.42. The van der Waals surface area contributed by atoms with Crippen LogP contribution >= 0.6 is 0 Å². The number of hydrogen-bond acceptors (Lipinski definition) is 4. The molecule has 0 saturated carbocycles. The summed E-state index contributed by atoms with van der Waals surface area (Å²) >= 11 is 0. The predicted molar refractivity (Wildman–Crippen MR) is 114 cm³/mol. The lowest BCUT2D eigenvalue weighted by atomic mass is 10.1. The third-order valence-electron chi connectivity index (χ3n) is 4.25. The highest BCUT2D eigenvalue weighted by Crippen LogP contribution is 2.26. The fourth-order valence-corrected chi connectivity index (χ4v) is 2.76. The first-order valence-electron chi connectivity index (χ1n) is 9.53. The highest BCUT2D eigenvalue weighted by atomic mass is 16.5. The number of nitrogens with zero attached hydrogens (tertiary/aromatic N) is 1. The molecule has 2 rings (SSSR count). The molecule has 0 spiro atoms. The summed E-state index contributed by atoms with van der Waals surface area (Å²) in [7, 11) is 5.10. The number of methoxy groups -OCH3 is 2. The van der Waals surface area contributed by atoms with E-state index in [9.17, 15) is 0 Å². The van der Waals surface area contributed by atoms with Gasteiger partial charge in [0.25, 0.3) is 0 Å². The molecule has 2 aromatic carbocycles. The molecule has 6 heteroatoms. The van der Waals surface area contributed by atoms with Gasteiger partial charge in [0.1, 0.15) is 11.9 Å². The summed E-state index contributed by atoms with van der Waals surface area (Å²) in [6, 6.07) is 15.8. The molecule has 0 aliphatic rings. The van der Waals surface area contributed by atoms with Gasteiger partial charge in [-0.05, 0) is 49.6 Å². The maximum Gasteiger partial charge on any atom is 0.191 e. The number of rotatable bonds is 10. The SMILES string of the molecule is CN=C(NCCCc1cccc(OC)c1)NCC(C)Oc1ccccc1OC. The van der Waals surface area contributed by atoms with Crippen LogP contribution in [0.1, 0.15) is 18.9 Å². The van der Waals surface area contributed by atoms with Crippen LogP contribution in [0.5, 0.6) is 17.2 Å². The normalized spacial score (nSPS) is 12.2. The Hall–Kier alpha value is -2.89. The van der Waals surface area contributed by atoms with Gasteiger partial charge in [-0.2, -0.15) is 0 Å². The summed E-state index contributed by atoms with van der Waals surface area (Å²) in [6.07, 6.45) is 1.95. The molecule has 0 amide bonds. The van der Waals surface area contributed by atoms with E-state index in [0.717, 1.165) is 42.6 Å². The summed E-state index contributed by atoms with van der Waals surface area (Å²) in [6.45, 7) is 3.47. The van der Waals surface area contributed by atoms with Gasteiger partial charge >= 0.3 is 0 Å². The zero-order valence-corrected chi connectivity index (χ0v) is 17.2.